The highest BCUT2D eigenvalue weighted by Gasteiger charge is 2.23. The van der Waals surface area contributed by atoms with Gasteiger partial charge in [-0.1, -0.05) is 24.3 Å². The van der Waals surface area contributed by atoms with Crippen LogP contribution in [-0.2, 0) is 11.3 Å². The van der Waals surface area contributed by atoms with Crippen molar-refractivity contribution >= 4 is 5.97 Å². The fourth-order valence-corrected chi connectivity index (χ4v) is 2.59. The van der Waals surface area contributed by atoms with Gasteiger partial charge < -0.3 is 10.4 Å². The van der Waals surface area contributed by atoms with Gasteiger partial charge in [-0.05, 0) is 10.8 Å². The van der Waals surface area contributed by atoms with E-state index in [0.717, 1.165) is 30.8 Å². The van der Waals surface area contributed by atoms with Crippen LogP contribution in [0.3, 0.4) is 0 Å². The van der Waals surface area contributed by atoms with Gasteiger partial charge in [-0.3, -0.25) is 9.69 Å². The lowest BCUT2D eigenvalue weighted by Crippen LogP contribution is -2.33. The molecule has 0 spiro atoms. The number of carbonyl (C=O) groups is 1. The molecule has 8 nitrogen and oxygen atoms in total. The van der Waals surface area contributed by atoms with E-state index in [0.29, 0.717) is 18.9 Å². The van der Waals surface area contributed by atoms with E-state index in [2.05, 4.69) is 30.8 Å². The molecule has 1 fully saturated rings. The van der Waals surface area contributed by atoms with E-state index in [1.807, 2.05) is 24.3 Å². The van der Waals surface area contributed by atoms with E-state index >= 15 is 0 Å². The first-order chi connectivity index (χ1) is 10.7. The number of nitrogens with one attached hydrogen (secondary N) is 2. The molecule has 0 bridgehead atoms. The molecule has 1 saturated heterocycles. The zero-order chi connectivity index (χ0) is 15.4. The number of hydrogen-bond donors (Lipinski definition) is 3. The standard InChI is InChI=1S/C14H18N6O2/c21-14(22)12-7-15-5-6-20(9-12)8-10-1-3-11(4-2-10)13-16-18-19-17-13/h1-4,12,15H,5-9H2,(H,21,22)(H,16,17,18,19)/t12-/m0/s1. The third-order valence-electron chi connectivity index (χ3n) is 3.79. The fourth-order valence-electron chi connectivity index (χ4n) is 2.59. The summed E-state index contributed by atoms with van der Waals surface area (Å²) in [6, 6.07) is 7.93. The Morgan fingerprint density at radius 2 is 2.18 bits per heavy atom. The molecule has 0 saturated carbocycles. The topological polar surface area (TPSA) is 107 Å². The summed E-state index contributed by atoms with van der Waals surface area (Å²) in [6.45, 7) is 3.48. The summed E-state index contributed by atoms with van der Waals surface area (Å²) in [7, 11) is 0. The van der Waals surface area contributed by atoms with Crippen molar-refractivity contribution in [1.82, 2.24) is 30.8 Å². The molecule has 1 aromatic carbocycles. The summed E-state index contributed by atoms with van der Waals surface area (Å²) in [4.78, 5) is 13.4. The van der Waals surface area contributed by atoms with Crippen LogP contribution in [0.1, 0.15) is 5.56 Å². The van der Waals surface area contributed by atoms with E-state index in [1.54, 1.807) is 0 Å². The molecule has 1 aliphatic rings. The number of tetrazole rings is 1. The lowest BCUT2D eigenvalue weighted by atomic mass is 10.1. The first kappa shape index (κ1) is 14.6. The third kappa shape index (κ3) is 3.46. The van der Waals surface area contributed by atoms with Crippen molar-refractivity contribution in [3.05, 3.63) is 29.8 Å². The summed E-state index contributed by atoms with van der Waals surface area (Å²) in [5, 5.41) is 26.2. The second kappa shape index (κ2) is 6.63. The van der Waals surface area contributed by atoms with Crippen LogP contribution >= 0.6 is 0 Å². The molecule has 3 rings (SSSR count). The van der Waals surface area contributed by atoms with E-state index in [9.17, 15) is 9.90 Å². The number of aromatic nitrogens is 4. The minimum absolute atomic E-state index is 0.360. The Morgan fingerprint density at radius 1 is 1.36 bits per heavy atom. The van der Waals surface area contributed by atoms with Gasteiger partial charge in [0.05, 0.1) is 5.92 Å². The Bertz CT molecular complexity index is 613. The normalized spacial score (nSPS) is 19.7. The number of rotatable bonds is 4. The van der Waals surface area contributed by atoms with Crippen molar-refractivity contribution in [3.8, 4) is 11.4 Å². The number of hydrogen-bond acceptors (Lipinski definition) is 6. The second-order valence-electron chi connectivity index (χ2n) is 5.41. The van der Waals surface area contributed by atoms with Gasteiger partial charge >= 0.3 is 5.97 Å². The molecule has 1 atom stereocenters. The predicted molar refractivity (Wildman–Crippen MR) is 78.9 cm³/mol. The maximum absolute atomic E-state index is 11.2. The van der Waals surface area contributed by atoms with Crippen molar-refractivity contribution < 1.29 is 9.90 Å². The van der Waals surface area contributed by atoms with Crippen LogP contribution in [0, 0.1) is 5.92 Å². The van der Waals surface area contributed by atoms with Gasteiger partial charge in [0, 0.05) is 38.3 Å². The third-order valence-corrected chi connectivity index (χ3v) is 3.79. The molecule has 1 aliphatic heterocycles. The summed E-state index contributed by atoms with van der Waals surface area (Å²) in [5.41, 5.74) is 2.04. The SMILES string of the molecule is O=C(O)[C@H]1CNCCN(Cc2ccc(-c3nn[nH]n3)cc2)C1. The highest BCUT2D eigenvalue weighted by molar-refractivity contribution is 5.70. The monoisotopic (exact) mass is 302 g/mol. The van der Waals surface area contributed by atoms with Crippen LogP contribution in [0.15, 0.2) is 24.3 Å². The van der Waals surface area contributed by atoms with Crippen LogP contribution in [0.5, 0.6) is 0 Å². The van der Waals surface area contributed by atoms with Gasteiger partial charge in [-0.2, -0.15) is 5.21 Å². The number of H-pyrrole nitrogens is 1. The van der Waals surface area contributed by atoms with Crippen molar-refractivity contribution in [3.63, 3.8) is 0 Å². The molecular weight excluding hydrogens is 284 g/mol. The average molecular weight is 302 g/mol. The van der Waals surface area contributed by atoms with E-state index in [1.165, 1.54) is 0 Å². The smallest absolute Gasteiger partial charge is 0.309 e. The zero-order valence-electron chi connectivity index (χ0n) is 12.1. The van der Waals surface area contributed by atoms with E-state index in [4.69, 9.17) is 0 Å². The lowest BCUT2D eigenvalue weighted by molar-refractivity contribution is -0.142. The maximum atomic E-state index is 11.2. The first-order valence-corrected chi connectivity index (χ1v) is 7.21. The minimum atomic E-state index is -0.744. The Kier molecular flexibility index (Phi) is 4.40. The maximum Gasteiger partial charge on any atom is 0.309 e. The van der Waals surface area contributed by atoms with Gasteiger partial charge in [0.1, 0.15) is 0 Å². The Labute approximate surface area is 127 Å². The van der Waals surface area contributed by atoms with Crippen molar-refractivity contribution in [2.24, 2.45) is 5.92 Å². The fraction of sp³-hybridized carbons (Fsp3) is 0.429. The molecule has 0 radical (unpaired) electrons. The molecule has 116 valence electrons. The van der Waals surface area contributed by atoms with E-state index < -0.39 is 5.97 Å². The zero-order valence-corrected chi connectivity index (χ0v) is 12.1. The van der Waals surface area contributed by atoms with Gasteiger partial charge in [-0.25, -0.2) is 0 Å². The molecule has 2 heterocycles. The highest BCUT2D eigenvalue weighted by Crippen LogP contribution is 2.16. The molecule has 3 N–H and O–H groups in total. The summed E-state index contributed by atoms with van der Waals surface area (Å²) >= 11 is 0. The molecule has 22 heavy (non-hydrogen) atoms. The quantitative estimate of drug-likeness (QED) is 0.728. The Hall–Kier alpha value is -2.32. The van der Waals surface area contributed by atoms with Gasteiger partial charge in [-0.15, -0.1) is 10.2 Å². The second-order valence-corrected chi connectivity index (χ2v) is 5.41. The van der Waals surface area contributed by atoms with Crippen LogP contribution in [0.25, 0.3) is 11.4 Å². The van der Waals surface area contributed by atoms with Gasteiger partial charge in [0.25, 0.3) is 0 Å². The molecule has 0 amide bonds. The number of carboxylic acid groups (broad SMARTS) is 1. The van der Waals surface area contributed by atoms with Crippen LogP contribution in [0.2, 0.25) is 0 Å². The highest BCUT2D eigenvalue weighted by atomic mass is 16.4. The van der Waals surface area contributed by atoms with Crippen LogP contribution in [0.4, 0.5) is 0 Å². The lowest BCUT2D eigenvalue weighted by Gasteiger charge is -2.21. The molecule has 1 aromatic heterocycles. The van der Waals surface area contributed by atoms with E-state index in [-0.39, 0.29) is 5.92 Å². The number of aromatic amines is 1. The Balaban J connectivity index is 1.66. The molecule has 0 unspecified atom stereocenters. The van der Waals surface area contributed by atoms with Gasteiger partial charge in [0.2, 0.25) is 5.82 Å². The number of aliphatic carboxylic acids is 1. The average Bonchev–Trinajstić information content (AvgIpc) is 2.95. The number of nitrogens with zero attached hydrogens (tertiary/aromatic N) is 4. The largest absolute Gasteiger partial charge is 0.481 e. The molecule has 2 aromatic rings. The Morgan fingerprint density at radius 3 is 2.86 bits per heavy atom. The van der Waals surface area contributed by atoms with Crippen molar-refractivity contribution in [2.45, 2.75) is 6.54 Å². The minimum Gasteiger partial charge on any atom is -0.481 e. The summed E-state index contributed by atoms with van der Waals surface area (Å²) in [6.07, 6.45) is 0. The summed E-state index contributed by atoms with van der Waals surface area (Å²) in [5.74, 6) is -0.538. The molecule has 8 heteroatoms. The van der Waals surface area contributed by atoms with Gasteiger partial charge in [0.15, 0.2) is 0 Å². The predicted octanol–water partition coefficient (Wildman–Crippen LogP) is -0.0273. The van der Waals surface area contributed by atoms with Crippen molar-refractivity contribution in [2.75, 3.05) is 26.2 Å². The van der Waals surface area contributed by atoms with Crippen LogP contribution in [-0.4, -0.2) is 62.8 Å². The van der Waals surface area contributed by atoms with Crippen molar-refractivity contribution in [1.29, 1.82) is 0 Å². The van der Waals surface area contributed by atoms with Crippen LogP contribution < -0.4 is 5.32 Å². The molecule has 0 aliphatic carbocycles. The number of benzene rings is 1. The molecular formula is C14H18N6O2. The number of carboxylic acids is 1. The summed E-state index contributed by atoms with van der Waals surface area (Å²) < 4.78 is 0. The first-order valence-electron chi connectivity index (χ1n) is 7.21.